The topological polar surface area (TPSA) is 33.5 Å². The summed E-state index contributed by atoms with van der Waals surface area (Å²) in [5, 5.41) is 2.31. The molecule has 0 spiro atoms. The van der Waals surface area contributed by atoms with E-state index in [0.717, 1.165) is 50.6 Å². The van der Waals surface area contributed by atoms with E-state index < -0.39 is 5.41 Å². The van der Waals surface area contributed by atoms with Gasteiger partial charge in [0.2, 0.25) is 0 Å². The minimum absolute atomic E-state index is 0. The van der Waals surface area contributed by atoms with Gasteiger partial charge in [-0.15, -0.1) is 29.4 Å². The zero-order valence-corrected chi connectivity index (χ0v) is 36.2. The molecule has 0 fully saturated rings. The van der Waals surface area contributed by atoms with E-state index in [4.69, 9.17) is 9.72 Å². The van der Waals surface area contributed by atoms with Gasteiger partial charge in [0, 0.05) is 48.9 Å². The number of nitrogens with zero attached hydrogens (tertiary/aromatic N) is 4. The number of benzene rings is 7. The molecule has 2 aromatic heterocycles. The van der Waals surface area contributed by atoms with Crippen molar-refractivity contribution in [1.82, 2.24) is 9.55 Å². The molecule has 0 atom stereocenters. The van der Waals surface area contributed by atoms with E-state index in [1.54, 1.807) is 0 Å². The van der Waals surface area contributed by atoms with Crippen LogP contribution in [0.2, 0.25) is 0 Å². The first-order chi connectivity index (χ1) is 28.8. The van der Waals surface area contributed by atoms with Crippen molar-refractivity contribution in [3.63, 3.8) is 0 Å². The van der Waals surface area contributed by atoms with Gasteiger partial charge in [-0.1, -0.05) is 136 Å². The fourth-order valence-electron chi connectivity index (χ4n) is 8.58. The number of hydrogen-bond acceptors (Lipinski definition) is 4. The largest absolute Gasteiger partial charge is 0.493 e. The number of ether oxygens (including phenoxy) is 1. The van der Waals surface area contributed by atoms with Crippen LogP contribution in [0.4, 0.5) is 22.7 Å². The van der Waals surface area contributed by atoms with Gasteiger partial charge in [0.05, 0.1) is 11.9 Å². The van der Waals surface area contributed by atoms with E-state index >= 15 is 0 Å². The van der Waals surface area contributed by atoms with Crippen molar-refractivity contribution in [2.45, 2.75) is 38.5 Å². The normalized spacial score (nSPS) is 12.7. The van der Waals surface area contributed by atoms with E-state index in [1.807, 2.05) is 36.5 Å². The maximum Gasteiger partial charge on any atom is 0.150 e. The summed E-state index contributed by atoms with van der Waals surface area (Å²) in [4.78, 5) is 9.57. The Labute approximate surface area is 366 Å². The molecule has 1 aliphatic heterocycles. The van der Waals surface area contributed by atoms with E-state index in [-0.39, 0.29) is 26.5 Å². The first-order valence-electron chi connectivity index (χ1n) is 20.1. The SMILES string of the molecule is CC(C)(c1ccccc1)c1cc[c-]c(N2[CH-]N(c3ccccc3Oc3cnc(-n4c5[c-]cccc5c5ccccc54)cc3C(C)(C)c3ccccc3)c3ccccc32)c1.[Pt]. The summed E-state index contributed by atoms with van der Waals surface area (Å²) in [5.74, 6) is 2.21. The van der Waals surface area contributed by atoms with E-state index in [2.05, 4.69) is 206 Å². The Morgan fingerprint density at radius 2 is 1.15 bits per heavy atom. The van der Waals surface area contributed by atoms with Gasteiger partial charge in [0.15, 0.2) is 0 Å². The summed E-state index contributed by atoms with van der Waals surface area (Å²) in [6.07, 6.45) is 1.89. The summed E-state index contributed by atoms with van der Waals surface area (Å²) >= 11 is 0. The number of rotatable bonds is 9. The second-order valence-corrected chi connectivity index (χ2v) is 16.2. The molecule has 0 aliphatic carbocycles. The van der Waals surface area contributed by atoms with Gasteiger partial charge in [-0.05, 0) is 58.3 Å². The van der Waals surface area contributed by atoms with Crippen molar-refractivity contribution >= 4 is 44.6 Å². The number of aromatic nitrogens is 2. The van der Waals surface area contributed by atoms with Gasteiger partial charge in [-0.3, -0.25) is 0 Å². The molecule has 298 valence electrons. The first kappa shape index (κ1) is 39.1. The van der Waals surface area contributed by atoms with Crippen LogP contribution >= 0.6 is 0 Å². The quantitative estimate of drug-likeness (QED) is 0.135. The monoisotopic (exact) mass is 958 g/mol. The summed E-state index contributed by atoms with van der Waals surface area (Å²) in [7, 11) is 0. The Kier molecular flexibility index (Phi) is 10.2. The summed E-state index contributed by atoms with van der Waals surface area (Å²) < 4.78 is 9.32. The molecule has 6 heteroatoms. The van der Waals surface area contributed by atoms with Gasteiger partial charge in [-0.2, -0.15) is 42.5 Å². The van der Waals surface area contributed by atoms with Crippen molar-refractivity contribution in [3.05, 3.63) is 223 Å². The van der Waals surface area contributed by atoms with Crippen LogP contribution in [0.1, 0.15) is 49.9 Å². The molecular formula is C54H43N4OPt-3. The fraction of sp³-hybridized carbons (Fsp3) is 0.111. The second-order valence-electron chi connectivity index (χ2n) is 16.2. The van der Waals surface area contributed by atoms with E-state index in [0.29, 0.717) is 11.5 Å². The zero-order valence-electron chi connectivity index (χ0n) is 33.9. The van der Waals surface area contributed by atoms with Gasteiger partial charge in [-0.25, -0.2) is 4.98 Å². The molecule has 9 aromatic rings. The number of fused-ring (bicyclic) bond motifs is 4. The van der Waals surface area contributed by atoms with Gasteiger partial charge < -0.3 is 19.1 Å². The molecule has 1 aliphatic rings. The molecule has 0 bridgehead atoms. The predicted molar refractivity (Wildman–Crippen MR) is 241 cm³/mol. The molecule has 0 N–H and O–H groups in total. The second kappa shape index (κ2) is 15.6. The average molecular weight is 959 g/mol. The summed E-state index contributed by atoms with van der Waals surface area (Å²) in [6, 6.07) is 68.4. The maximum absolute atomic E-state index is 7.11. The van der Waals surface area contributed by atoms with E-state index in [9.17, 15) is 0 Å². The number of pyridine rings is 1. The van der Waals surface area contributed by atoms with Crippen molar-refractivity contribution in [2.24, 2.45) is 0 Å². The van der Waals surface area contributed by atoms with Crippen LogP contribution in [-0.4, -0.2) is 9.55 Å². The van der Waals surface area contributed by atoms with Gasteiger partial charge >= 0.3 is 0 Å². The number of anilines is 4. The Balaban J connectivity index is 0.00000462. The standard InChI is InChI=1S/C54H43N4O.Pt/c1-53(2,38-20-7-5-8-21-38)40-24-19-25-41(34-40)56-37-57(48-31-16-15-30-47(48)56)49-32-17-18-33-50(49)59-51-36-55-52(35-44(51)54(3,4)39-22-9-6-10-23-39)58-45-28-13-11-26-42(45)43-27-12-14-29-46(43)58;/h5-24,26-28,30-37H,1-4H3;/q-3;. The molecule has 0 saturated heterocycles. The van der Waals surface area contributed by atoms with Gasteiger partial charge in [0.1, 0.15) is 17.3 Å². The molecule has 0 unspecified atom stereocenters. The molecule has 3 heterocycles. The maximum atomic E-state index is 7.11. The fourth-order valence-corrected chi connectivity index (χ4v) is 8.58. The Morgan fingerprint density at radius 3 is 1.90 bits per heavy atom. The number of para-hydroxylation sites is 6. The number of hydrogen-bond donors (Lipinski definition) is 0. The zero-order chi connectivity index (χ0) is 40.1. The molecule has 0 radical (unpaired) electrons. The first-order valence-corrected chi connectivity index (χ1v) is 20.1. The van der Waals surface area contributed by atoms with Crippen LogP contribution in [0.15, 0.2) is 182 Å². The van der Waals surface area contributed by atoms with Crippen LogP contribution in [0.5, 0.6) is 11.5 Å². The Bertz CT molecular complexity index is 2920. The van der Waals surface area contributed by atoms with E-state index in [1.165, 1.54) is 22.1 Å². The minimum atomic E-state index is -0.441. The molecule has 0 amide bonds. The summed E-state index contributed by atoms with van der Waals surface area (Å²) in [5.41, 5.74) is 10.1. The van der Waals surface area contributed by atoms with Crippen LogP contribution < -0.4 is 14.5 Å². The Hall–Kier alpha value is -6.42. The van der Waals surface area contributed by atoms with Crippen LogP contribution in [0.3, 0.4) is 0 Å². The van der Waals surface area contributed by atoms with Gasteiger partial charge in [0.25, 0.3) is 0 Å². The average Bonchev–Trinajstić information content (AvgIpc) is 3.84. The third-order valence-corrected chi connectivity index (χ3v) is 12.0. The van der Waals surface area contributed by atoms with Crippen LogP contribution in [0.25, 0.3) is 27.6 Å². The molecule has 7 aromatic carbocycles. The molecule has 0 saturated carbocycles. The smallest absolute Gasteiger partial charge is 0.150 e. The molecule has 5 nitrogen and oxygen atoms in total. The molecule has 10 rings (SSSR count). The molecular weight excluding hydrogens is 916 g/mol. The van der Waals surface area contributed by atoms with Crippen LogP contribution in [-0.2, 0) is 31.9 Å². The van der Waals surface area contributed by atoms with Crippen molar-refractivity contribution in [1.29, 1.82) is 0 Å². The van der Waals surface area contributed by atoms with Crippen molar-refractivity contribution in [2.75, 3.05) is 9.80 Å². The summed E-state index contributed by atoms with van der Waals surface area (Å²) in [6.45, 7) is 11.2. The molecule has 60 heavy (non-hydrogen) atoms. The third kappa shape index (κ3) is 6.68. The van der Waals surface area contributed by atoms with Crippen molar-refractivity contribution in [3.8, 4) is 17.3 Å². The van der Waals surface area contributed by atoms with Crippen molar-refractivity contribution < 1.29 is 25.8 Å². The Morgan fingerprint density at radius 1 is 0.533 bits per heavy atom. The van der Waals surface area contributed by atoms with Crippen LogP contribution in [0, 0.1) is 18.8 Å². The third-order valence-electron chi connectivity index (χ3n) is 12.0. The minimum Gasteiger partial charge on any atom is -0.493 e. The predicted octanol–water partition coefficient (Wildman–Crippen LogP) is 13.6.